The second-order valence-corrected chi connectivity index (χ2v) is 4.80. The first-order valence-corrected chi connectivity index (χ1v) is 6.47. The molecule has 0 bridgehead atoms. The largest absolute Gasteiger partial charge is 0.508 e. The van der Waals surface area contributed by atoms with Crippen LogP contribution in [0, 0.1) is 0 Å². The van der Waals surface area contributed by atoms with E-state index >= 15 is 0 Å². The average molecular weight is 312 g/mol. The van der Waals surface area contributed by atoms with Crippen molar-refractivity contribution in [2.45, 2.75) is 0 Å². The Morgan fingerprint density at radius 1 is 1.15 bits per heavy atom. The lowest BCUT2D eigenvalue weighted by Gasteiger charge is -2.09. The second-order valence-electron chi connectivity index (χ2n) is 3.95. The number of benzene rings is 2. The quantitative estimate of drug-likeness (QED) is 0.846. The lowest BCUT2D eigenvalue weighted by molar-refractivity contribution is -0.118. The maximum Gasteiger partial charge on any atom is 0.262 e. The van der Waals surface area contributed by atoms with Crippen molar-refractivity contribution in [2.75, 3.05) is 11.9 Å². The van der Waals surface area contributed by atoms with Gasteiger partial charge in [0.25, 0.3) is 5.91 Å². The summed E-state index contributed by atoms with van der Waals surface area (Å²) in [5, 5.41) is 12.6. The van der Waals surface area contributed by atoms with Crippen molar-refractivity contribution in [2.24, 2.45) is 0 Å². The first-order chi connectivity index (χ1) is 9.54. The number of amides is 1. The number of ether oxygens (including phenoxy) is 1. The highest BCUT2D eigenvalue weighted by molar-refractivity contribution is 6.33. The molecular weight excluding hydrogens is 301 g/mol. The number of rotatable bonds is 4. The lowest BCUT2D eigenvalue weighted by Crippen LogP contribution is -2.20. The molecule has 0 aliphatic heterocycles. The van der Waals surface area contributed by atoms with E-state index in [2.05, 4.69) is 5.32 Å². The monoisotopic (exact) mass is 311 g/mol. The van der Waals surface area contributed by atoms with Gasteiger partial charge in [-0.15, -0.1) is 0 Å². The number of nitrogens with one attached hydrogen (secondary N) is 1. The molecule has 0 spiro atoms. The molecule has 0 aliphatic rings. The number of carbonyl (C=O) groups is 1. The predicted octanol–water partition coefficient (Wildman–Crippen LogP) is 3.72. The Balaban J connectivity index is 1.90. The third-order valence-corrected chi connectivity index (χ3v) is 2.98. The zero-order valence-corrected chi connectivity index (χ0v) is 11.8. The minimum atomic E-state index is -0.354. The van der Waals surface area contributed by atoms with Gasteiger partial charge >= 0.3 is 0 Å². The zero-order valence-electron chi connectivity index (χ0n) is 10.3. The van der Waals surface area contributed by atoms with Crippen LogP contribution < -0.4 is 10.1 Å². The second kappa shape index (κ2) is 6.50. The highest BCUT2D eigenvalue weighted by atomic mass is 35.5. The molecule has 2 N–H and O–H groups in total. The van der Waals surface area contributed by atoms with Crippen LogP contribution in [0.4, 0.5) is 5.69 Å². The van der Waals surface area contributed by atoms with E-state index in [0.29, 0.717) is 16.5 Å². The van der Waals surface area contributed by atoms with Gasteiger partial charge in [0.1, 0.15) is 11.5 Å². The highest BCUT2D eigenvalue weighted by Gasteiger charge is 2.07. The van der Waals surface area contributed by atoms with Crippen molar-refractivity contribution in [3.05, 3.63) is 52.5 Å². The van der Waals surface area contributed by atoms with Gasteiger partial charge in [-0.3, -0.25) is 4.79 Å². The number of hydrogen-bond donors (Lipinski definition) is 2. The van der Waals surface area contributed by atoms with E-state index in [1.54, 1.807) is 24.3 Å². The average Bonchev–Trinajstić information content (AvgIpc) is 2.41. The predicted molar refractivity (Wildman–Crippen MR) is 78.7 cm³/mol. The summed E-state index contributed by atoms with van der Waals surface area (Å²) in [7, 11) is 0. The van der Waals surface area contributed by atoms with Crippen LogP contribution in [0.15, 0.2) is 42.5 Å². The Kier molecular flexibility index (Phi) is 4.71. The number of phenols is 1. The number of carbonyl (C=O) groups excluding carboxylic acids is 1. The number of hydrogen-bond acceptors (Lipinski definition) is 3. The third-order valence-electron chi connectivity index (χ3n) is 2.41. The van der Waals surface area contributed by atoms with E-state index in [4.69, 9.17) is 27.9 Å². The standard InChI is InChI=1S/C14H11Cl2NO3/c15-9-1-4-11(5-2-9)20-8-14(19)17-13-6-3-10(18)7-12(13)16/h1-7,18H,8H2,(H,17,19). The molecule has 0 unspecified atom stereocenters. The number of halogens is 2. The van der Waals surface area contributed by atoms with E-state index in [0.717, 1.165) is 0 Å². The summed E-state index contributed by atoms with van der Waals surface area (Å²) in [6, 6.07) is 11.0. The first kappa shape index (κ1) is 14.5. The van der Waals surface area contributed by atoms with Gasteiger partial charge in [0, 0.05) is 11.1 Å². The fourth-order valence-corrected chi connectivity index (χ4v) is 1.82. The first-order valence-electron chi connectivity index (χ1n) is 5.71. The molecule has 1 amide bonds. The molecule has 0 radical (unpaired) electrons. The molecule has 20 heavy (non-hydrogen) atoms. The van der Waals surface area contributed by atoms with Crippen LogP contribution in [0.25, 0.3) is 0 Å². The minimum Gasteiger partial charge on any atom is -0.508 e. The minimum absolute atomic E-state index is 0.0328. The van der Waals surface area contributed by atoms with Gasteiger partial charge in [-0.05, 0) is 36.4 Å². The Hall–Kier alpha value is -1.91. The molecule has 4 nitrogen and oxygen atoms in total. The summed E-state index contributed by atoms with van der Waals surface area (Å²) >= 11 is 11.6. The van der Waals surface area contributed by atoms with Gasteiger partial charge in [0.2, 0.25) is 0 Å². The Morgan fingerprint density at radius 2 is 1.85 bits per heavy atom. The Morgan fingerprint density at radius 3 is 2.50 bits per heavy atom. The topological polar surface area (TPSA) is 58.6 Å². The molecule has 104 valence electrons. The van der Waals surface area contributed by atoms with Crippen molar-refractivity contribution in [3.63, 3.8) is 0 Å². The molecular formula is C14H11Cl2NO3. The maximum atomic E-state index is 11.7. The normalized spacial score (nSPS) is 10.1. The van der Waals surface area contributed by atoms with Gasteiger partial charge in [-0.2, -0.15) is 0 Å². The van der Waals surface area contributed by atoms with E-state index in [9.17, 15) is 9.90 Å². The molecule has 2 aromatic rings. The molecule has 0 aliphatic carbocycles. The van der Waals surface area contributed by atoms with Gasteiger partial charge < -0.3 is 15.2 Å². The van der Waals surface area contributed by atoms with Gasteiger partial charge in [0.15, 0.2) is 6.61 Å². The third kappa shape index (κ3) is 4.05. The van der Waals surface area contributed by atoms with Gasteiger partial charge in [-0.25, -0.2) is 0 Å². The van der Waals surface area contributed by atoms with E-state index in [1.807, 2.05) is 0 Å². The number of phenolic OH excluding ortho intramolecular Hbond substituents is 1. The summed E-state index contributed by atoms with van der Waals surface area (Å²) in [5.74, 6) is 0.222. The molecule has 2 rings (SSSR count). The summed E-state index contributed by atoms with van der Waals surface area (Å²) in [4.78, 5) is 11.7. The summed E-state index contributed by atoms with van der Waals surface area (Å²) in [6.07, 6.45) is 0. The molecule has 2 aromatic carbocycles. The van der Waals surface area contributed by atoms with Crippen molar-refractivity contribution in [1.29, 1.82) is 0 Å². The van der Waals surface area contributed by atoms with Crippen molar-refractivity contribution < 1.29 is 14.6 Å². The molecule has 0 heterocycles. The van der Waals surface area contributed by atoms with Crippen LogP contribution in [-0.2, 0) is 4.79 Å². The van der Waals surface area contributed by atoms with Gasteiger partial charge in [0.05, 0.1) is 10.7 Å². The fraction of sp³-hybridized carbons (Fsp3) is 0.0714. The Bertz CT molecular complexity index is 614. The number of aromatic hydroxyl groups is 1. The SMILES string of the molecule is O=C(COc1ccc(Cl)cc1)Nc1ccc(O)cc1Cl. The van der Waals surface area contributed by atoms with Crippen LogP contribution >= 0.6 is 23.2 Å². The van der Waals surface area contributed by atoms with Crippen LogP contribution in [0.3, 0.4) is 0 Å². The molecule has 0 atom stereocenters. The van der Waals surface area contributed by atoms with Crippen LogP contribution in [0.1, 0.15) is 0 Å². The maximum absolute atomic E-state index is 11.7. The van der Waals surface area contributed by atoms with Crippen molar-refractivity contribution in [3.8, 4) is 11.5 Å². The lowest BCUT2D eigenvalue weighted by atomic mass is 10.3. The van der Waals surface area contributed by atoms with E-state index in [-0.39, 0.29) is 23.3 Å². The summed E-state index contributed by atoms with van der Waals surface area (Å²) in [5.41, 5.74) is 0.411. The highest BCUT2D eigenvalue weighted by Crippen LogP contribution is 2.25. The molecule has 0 fully saturated rings. The zero-order chi connectivity index (χ0) is 14.5. The molecule has 0 aromatic heterocycles. The van der Waals surface area contributed by atoms with Gasteiger partial charge in [-0.1, -0.05) is 23.2 Å². The number of anilines is 1. The smallest absolute Gasteiger partial charge is 0.262 e. The van der Waals surface area contributed by atoms with Crippen LogP contribution in [-0.4, -0.2) is 17.6 Å². The molecule has 6 heteroatoms. The Labute approximate surface area is 125 Å². The van der Waals surface area contributed by atoms with Crippen molar-refractivity contribution >= 4 is 34.8 Å². The fourth-order valence-electron chi connectivity index (χ4n) is 1.47. The molecule has 0 saturated heterocycles. The summed E-state index contributed by atoms with van der Waals surface area (Å²) in [6.45, 7) is -0.154. The van der Waals surface area contributed by atoms with Crippen LogP contribution in [0.2, 0.25) is 10.0 Å². The summed E-state index contributed by atoms with van der Waals surface area (Å²) < 4.78 is 5.30. The van der Waals surface area contributed by atoms with E-state index in [1.165, 1.54) is 18.2 Å². The molecule has 0 saturated carbocycles. The van der Waals surface area contributed by atoms with Crippen molar-refractivity contribution in [1.82, 2.24) is 0 Å². The van der Waals surface area contributed by atoms with Crippen LogP contribution in [0.5, 0.6) is 11.5 Å². The van der Waals surface area contributed by atoms with E-state index < -0.39 is 0 Å².